The summed E-state index contributed by atoms with van der Waals surface area (Å²) in [4.78, 5) is 11.8. The molecule has 0 heterocycles. The lowest BCUT2D eigenvalue weighted by atomic mass is 9.71. The molecule has 1 N–H and O–H groups in total. The molecule has 0 saturated carbocycles. The zero-order chi connectivity index (χ0) is 13.9. The van der Waals surface area contributed by atoms with Gasteiger partial charge in [-0.1, -0.05) is 38.1 Å². The average Bonchev–Trinajstić information content (AvgIpc) is 2.43. The number of hydrogen-bond donors (Lipinski definition) is 1. The summed E-state index contributed by atoms with van der Waals surface area (Å²) in [5, 5.41) is 3.54. The maximum Gasteiger partial charge on any atom is 0.307 e. The van der Waals surface area contributed by atoms with E-state index in [4.69, 9.17) is 4.74 Å². The van der Waals surface area contributed by atoms with Crippen LogP contribution in [0.2, 0.25) is 0 Å². The third kappa shape index (κ3) is 2.66. The highest BCUT2D eigenvalue weighted by molar-refractivity contribution is 5.71. The predicted octanol–water partition coefficient (Wildman–Crippen LogP) is 2.95. The summed E-state index contributed by atoms with van der Waals surface area (Å²) in [5.74, 6) is 0.408. The fourth-order valence-electron chi connectivity index (χ4n) is 3.20. The van der Waals surface area contributed by atoms with Crippen LogP contribution in [0, 0.1) is 0 Å². The lowest BCUT2D eigenvalue weighted by Crippen LogP contribution is -2.47. The first-order valence-electron chi connectivity index (χ1n) is 7.04. The van der Waals surface area contributed by atoms with E-state index in [0.29, 0.717) is 12.3 Å². The molecule has 0 saturated heterocycles. The minimum atomic E-state index is -0.259. The van der Waals surface area contributed by atoms with E-state index in [0.717, 1.165) is 19.4 Å². The van der Waals surface area contributed by atoms with E-state index in [1.54, 1.807) is 0 Å². The number of carbonyl (C=O) groups is 1. The van der Waals surface area contributed by atoms with Crippen LogP contribution in [-0.4, -0.2) is 19.6 Å². The molecule has 19 heavy (non-hydrogen) atoms. The third-order valence-corrected chi connectivity index (χ3v) is 4.20. The first kappa shape index (κ1) is 14.1. The second-order valence-electron chi connectivity index (χ2n) is 5.39. The Labute approximate surface area is 115 Å². The van der Waals surface area contributed by atoms with Gasteiger partial charge < -0.3 is 10.1 Å². The Hall–Kier alpha value is -1.35. The number of ether oxygens (including phenoxy) is 1. The average molecular weight is 261 g/mol. The highest BCUT2D eigenvalue weighted by atomic mass is 16.5. The van der Waals surface area contributed by atoms with Crippen molar-refractivity contribution >= 4 is 5.97 Å². The summed E-state index contributed by atoms with van der Waals surface area (Å²) in [6.07, 6.45) is 2.48. The smallest absolute Gasteiger partial charge is 0.307 e. The maximum absolute atomic E-state index is 11.8. The van der Waals surface area contributed by atoms with E-state index in [1.165, 1.54) is 18.2 Å². The van der Waals surface area contributed by atoms with Gasteiger partial charge in [-0.25, -0.2) is 0 Å². The maximum atomic E-state index is 11.8. The fraction of sp³-hybridized carbons (Fsp3) is 0.562. The van der Waals surface area contributed by atoms with Crippen LogP contribution in [0.4, 0.5) is 0 Å². The van der Waals surface area contributed by atoms with Crippen LogP contribution in [0.15, 0.2) is 24.3 Å². The Balaban J connectivity index is 2.44. The molecule has 104 valence electrons. The van der Waals surface area contributed by atoms with Crippen LogP contribution in [0.1, 0.15) is 50.2 Å². The van der Waals surface area contributed by atoms with Gasteiger partial charge in [0.2, 0.25) is 0 Å². The van der Waals surface area contributed by atoms with Gasteiger partial charge in [0.05, 0.1) is 19.1 Å². The fourth-order valence-corrected chi connectivity index (χ4v) is 3.20. The number of fused-ring (bicyclic) bond motifs is 1. The standard InChI is InChI=1S/C16H23NO2/c1-4-17-16(11-15(18)19-3)10-9-12(2)13-7-5-6-8-14(13)16/h5-8,12,17H,4,9-11H2,1-3H3. The molecule has 0 spiro atoms. The van der Waals surface area contributed by atoms with Gasteiger partial charge in [-0.2, -0.15) is 0 Å². The van der Waals surface area contributed by atoms with E-state index in [-0.39, 0.29) is 11.5 Å². The first-order valence-corrected chi connectivity index (χ1v) is 7.04. The van der Waals surface area contributed by atoms with E-state index in [1.807, 2.05) is 0 Å². The second kappa shape index (κ2) is 5.74. The minimum absolute atomic E-state index is 0.148. The molecule has 2 unspecified atom stereocenters. The van der Waals surface area contributed by atoms with Gasteiger partial charge in [-0.15, -0.1) is 0 Å². The Morgan fingerprint density at radius 2 is 2.21 bits per heavy atom. The molecular weight excluding hydrogens is 238 g/mol. The number of nitrogens with one attached hydrogen (secondary N) is 1. The zero-order valence-electron chi connectivity index (χ0n) is 12.0. The van der Waals surface area contributed by atoms with Crippen LogP contribution in [0.25, 0.3) is 0 Å². The molecule has 3 nitrogen and oxygen atoms in total. The molecule has 0 bridgehead atoms. The third-order valence-electron chi connectivity index (χ3n) is 4.20. The van der Waals surface area contributed by atoms with E-state index in [2.05, 4.69) is 43.4 Å². The minimum Gasteiger partial charge on any atom is -0.469 e. The molecule has 1 aliphatic carbocycles. The topological polar surface area (TPSA) is 38.3 Å². The van der Waals surface area contributed by atoms with Crippen LogP contribution in [-0.2, 0) is 15.1 Å². The molecule has 2 rings (SSSR count). The number of rotatable bonds is 4. The molecule has 0 aromatic heterocycles. The first-order chi connectivity index (χ1) is 9.13. The largest absolute Gasteiger partial charge is 0.469 e. The van der Waals surface area contributed by atoms with Crippen molar-refractivity contribution in [2.24, 2.45) is 0 Å². The van der Waals surface area contributed by atoms with Crippen molar-refractivity contribution in [2.75, 3.05) is 13.7 Å². The van der Waals surface area contributed by atoms with E-state index < -0.39 is 0 Å². The molecule has 1 aromatic rings. The SMILES string of the molecule is CCNC1(CC(=O)OC)CCC(C)c2ccccc21. The number of hydrogen-bond acceptors (Lipinski definition) is 3. The molecule has 1 aliphatic rings. The van der Waals surface area contributed by atoms with Gasteiger partial charge in [0.1, 0.15) is 0 Å². The zero-order valence-corrected chi connectivity index (χ0v) is 12.0. The van der Waals surface area contributed by atoms with Crippen molar-refractivity contribution in [2.45, 2.75) is 44.6 Å². The second-order valence-corrected chi connectivity index (χ2v) is 5.39. The summed E-state index contributed by atoms with van der Waals surface area (Å²) >= 11 is 0. The lowest BCUT2D eigenvalue weighted by molar-refractivity contribution is -0.142. The molecular formula is C16H23NO2. The summed E-state index contributed by atoms with van der Waals surface area (Å²) < 4.78 is 4.89. The summed E-state index contributed by atoms with van der Waals surface area (Å²) in [6.45, 7) is 5.19. The van der Waals surface area contributed by atoms with Gasteiger partial charge in [-0.3, -0.25) is 4.79 Å². The van der Waals surface area contributed by atoms with Crippen LogP contribution >= 0.6 is 0 Å². The highest BCUT2D eigenvalue weighted by Crippen LogP contribution is 2.43. The highest BCUT2D eigenvalue weighted by Gasteiger charge is 2.39. The van der Waals surface area contributed by atoms with Crippen molar-refractivity contribution in [1.82, 2.24) is 5.32 Å². The normalized spacial score (nSPS) is 25.7. The van der Waals surface area contributed by atoms with Crippen LogP contribution in [0.3, 0.4) is 0 Å². The predicted molar refractivity (Wildman–Crippen MR) is 76.1 cm³/mol. The quantitative estimate of drug-likeness (QED) is 0.847. The Bertz CT molecular complexity index is 458. The summed E-state index contributed by atoms with van der Waals surface area (Å²) in [6, 6.07) is 8.47. The van der Waals surface area contributed by atoms with Gasteiger partial charge in [0.25, 0.3) is 0 Å². The van der Waals surface area contributed by atoms with Gasteiger partial charge >= 0.3 is 5.97 Å². The van der Waals surface area contributed by atoms with Gasteiger partial charge in [0, 0.05) is 0 Å². The molecule has 2 atom stereocenters. The summed E-state index contributed by atoms with van der Waals surface area (Å²) in [5.41, 5.74) is 2.37. The van der Waals surface area contributed by atoms with E-state index in [9.17, 15) is 4.79 Å². The molecule has 3 heteroatoms. The van der Waals surface area contributed by atoms with Gasteiger partial charge in [-0.05, 0) is 36.4 Å². The monoisotopic (exact) mass is 261 g/mol. The molecule has 0 radical (unpaired) electrons. The van der Waals surface area contributed by atoms with Gasteiger partial charge in [0.15, 0.2) is 0 Å². The van der Waals surface area contributed by atoms with E-state index >= 15 is 0 Å². The Morgan fingerprint density at radius 3 is 2.89 bits per heavy atom. The number of benzene rings is 1. The molecule has 0 amide bonds. The lowest BCUT2D eigenvalue weighted by Gasteiger charge is -2.41. The molecule has 1 aromatic carbocycles. The van der Waals surface area contributed by atoms with Crippen molar-refractivity contribution in [3.05, 3.63) is 35.4 Å². The Morgan fingerprint density at radius 1 is 1.47 bits per heavy atom. The molecule has 0 fully saturated rings. The van der Waals surface area contributed by atoms with Crippen LogP contribution < -0.4 is 5.32 Å². The Kier molecular flexibility index (Phi) is 4.25. The number of methoxy groups -OCH3 is 1. The summed E-state index contributed by atoms with van der Waals surface area (Å²) in [7, 11) is 1.46. The van der Waals surface area contributed by atoms with Crippen molar-refractivity contribution in [3.63, 3.8) is 0 Å². The number of carbonyl (C=O) groups excluding carboxylic acids is 1. The number of esters is 1. The molecule has 0 aliphatic heterocycles. The van der Waals surface area contributed by atoms with Crippen LogP contribution in [0.5, 0.6) is 0 Å². The van der Waals surface area contributed by atoms with Crippen molar-refractivity contribution in [1.29, 1.82) is 0 Å². The van der Waals surface area contributed by atoms with Crippen molar-refractivity contribution in [3.8, 4) is 0 Å². The van der Waals surface area contributed by atoms with Crippen molar-refractivity contribution < 1.29 is 9.53 Å².